The fourth-order valence-electron chi connectivity index (χ4n) is 5.42. The second-order valence-electron chi connectivity index (χ2n) is 9.18. The molecule has 2 saturated heterocycles. The summed E-state index contributed by atoms with van der Waals surface area (Å²) < 4.78 is 7.85. The smallest absolute Gasteiger partial charge is 0.173 e. The van der Waals surface area contributed by atoms with Gasteiger partial charge < -0.3 is 4.74 Å². The molecule has 2 aromatic rings. The average molecular weight is 411 g/mol. The lowest BCUT2D eigenvalue weighted by atomic mass is 10.0. The van der Waals surface area contributed by atoms with Gasteiger partial charge >= 0.3 is 0 Å². The van der Waals surface area contributed by atoms with Crippen LogP contribution in [0.3, 0.4) is 0 Å². The van der Waals surface area contributed by atoms with Gasteiger partial charge in [-0.05, 0) is 48.6 Å². The van der Waals surface area contributed by atoms with Gasteiger partial charge in [-0.1, -0.05) is 42.7 Å². The monoisotopic (exact) mass is 410 g/mol. The average Bonchev–Trinajstić information content (AvgIpc) is 3.54. The van der Waals surface area contributed by atoms with E-state index in [1.54, 1.807) is 0 Å². The van der Waals surface area contributed by atoms with Crippen molar-refractivity contribution >= 4 is 0 Å². The zero-order valence-electron chi connectivity index (χ0n) is 18.1. The van der Waals surface area contributed by atoms with E-state index in [4.69, 9.17) is 4.74 Å². The third-order valence-corrected chi connectivity index (χ3v) is 7.15. The van der Waals surface area contributed by atoms with Gasteiger partial charge in [-0.3, -0.25) is 9.80 Å². The zero-order valence-corrected chi connectivity index (χ0v) is 18.1. The molecule has 0 amide bonds. The molecule has 0 unspecified atom stereocenters. The third kappa shape index (κ3) is 4.29. The molecule has 3 aliphatic rings. The SMILES string of the molecule is Cc1ccc([C@H](c2nnnn2C[C@H]2CCCO2)N2CCN(C3CCCC3)CC2)cc1. The van der Waals surface area contributed by atoms with Gasteiger partial charge in [0.25, 0.3) is 0 Å². The van der Waals surface area contributed by atoms with Crippen molar-refractivity contribution < 1.29 is 4.74 Å². The van der Waals surface area contributed by atoms with Crippen molar-refractivity contribution in [3.63, 3.8) is 0 Å². The second kappa shape index (κ2) is 9.12. The van der Waals surface area contributed by atoms with E-state index in [9.17, 15) is 0 Å². The molecule has 0 bridgehead atoms. The van der Waals surface area contributed by atoms with Gasteiger partial charge in [-0.25, -0.2) is 4.68 Å². The first-order chi connectivity index (χ1) is 14.8. The highest BCUT2D eigenvalue weighted by molar-refractivity contribution is 5.28. The Morgan fingerprint density at radius 3 is 2.47 bits per heavy atom. The molecule has 2 aliphatic heterocycles. The molecule has 162 valence electrons. The quantitative estimate of drug-likeness (QED) is 0.730. The minimum atomic E-state index is 0.0905. The fraction of sp³-hybridized carbons (Fsp3) is 0.696. The van der Waals surface area contributed by atoms with Crippen LogP contribution in [0, 0.1) is 6.92 Å². The van der Waals surface area contributed by atoms with Gasteiger partial charge in [-0.15, -0.1) is 5.10 Å². The van der Waals surface area contributed by atoms with E-state index in [-0.39, 0.29) is 12.1 Å². The van der Waals surface area contributed by atoms with Crippen molar-refractivity contribution in [1.29, 1.82) is 0 Å². The number of nitrogens with zero attached hydrogens (tertiary/aromatic N) is 6. The van der Waals surface area contributed by atoms with Crippen LogP contribution in [-0.2, 0) is 11.3 Å². The van der Waals surface area contributed by atoms with Crippen LogP contribution in [0.4, 0.5) is 0 Å². The van der Waals surface area contributed by atoms with Crippen LogP contribution in [0.1, 0.15) is 61.5 Å². The van der Waals surface area contributed by atoms with Crippen molar-refractivity contribution in [3.05, 3.63) is 41.2 Å². The van der Waals surface area contributed by atoms with Crippen LogP contribution >= 0.6 is 0 Å². The normalized spacial score (nSPS) is 25.2. The van der Waals surface area contributed by atoms with Crippen LogP contribution in [0.2, 0.25) is 0 Å². The highest BCUT2D eigenvalue weighted by Gasteiger charge is 2.33. The van der Waals surface area contributed by atoms with Gasteiger partial charge in [-0.2, -0.15) is 0 Å². The van der Waals surface area contributed by atoms with E-state index < -0.39 is 0 Å². The van der Waals surface area contributed by atoms with Gasteiger partial charge in [0.15, 0.2) is 5.82 Å². The van der Waals surface area contributed by atoms with Gasteiger partial charge in [0, 0.05) is 38.8 Å². The Bertz CT molecular complexity index is 801. The molecule has 7 nitrogen and oxygen atoms in total. The maximum Gasteiger partial charge on any atom is 0.173 e. The van der Waals surface area contributed by atoms with Crippen molar-refractivity contribution in [3.8, 4) is 0 Å². The number of rotatable bonds is 6. The Kier molecular flexibility index (Phi) is 6.11. The molecule has 3 fully saturated rings. The topological polar surface area (TPSA) is 59.3 Å². The summed E-state index contributed by atoms with van der Waals surface area (Å²) in [5.74, 6) is 0.948. The lowest BCUT2D eigenvalue weighted by Gasteiger charge is -2.41. The molecule has 1 saturated carbocycles. The van der Waals surface area contributed by atoms with E-state index in [1.165, 1.54) is 36.8 Å². The van der Waals surface area contributed by atoms with Gasteiger partial charge in [0.2, 0.25) is 0 Å². The molecular weight excluding hydrogens is 376 g/mol. The molecule has 5 rings (SSSR count). The number of aromatic nitrogens is 4. The van der Waals surface area contributed by atoms with E-state index >= 15 is 0 Å². The summed E-state index contributed by atoms with van der Waals surface area (Å²) in [6.07, 6.45) is 8.00. The summed E-state index contributed by atoms with van der Waals surface area (Å²) in [7, 11) is 0. The van der Waals surface area contributed by atoms with Crippen LogP contribution in [0.15, 0.2) is 24.3 Å². The van der Waals surface area contributed by atoms with E-state index in [2.05, 4.69) is 56.5 Å². The first kappa shape index (κ1) is 20.1. The Morgan fingerprint density at radius 2 is 1.77 bits per heavy atom. The summed E-state index contributed by atoms with van der Waals surface area (Å²) in [6, 6.07) is 9.78. The minimum Gasteiger partial charge on any atom is -0.376 e. The molecule has 30 heavy (non-hydrogen) atoms. The number of tetrazole rings is 1. The van der Waals surface area contributed by atoms with Crippen LogP contribution in [0.5, 0.6) is 0 Å². The van der Waals surface area contributed by atoms with Crippen LogP contribution < -0.4 is 0 Å². The third-order valence-electron chi connectivity index (χ3n) is 7.15. The molecule has 1 aromatic heterocycles. The summed E-state index contributed by atoms with van der Waals surface area (Å²) in [6.45, 7) is 8.13. The van der Waals surface area contributed by atoms with Crippen molar-refractivity contribution in [2.24, 2.45) is 0 Å². The molecule has 2 atom stereocenters. The molecule has 0 spiro atoms. The number of hydrogen-bond donors (Lipinski definition) is 0. The summed E-state index contributed by atoms with van der Waals surface area (Å²) in [5.41, 5.74) is 2.56. The Balaban J connectivity index is 1.38. The molecule has 0 N–H and O–H groups in total. The first-order valence-corrected chi connectivity index (χ1v) is 11.7. The predicted octanol–water partition coefficient (Wildman–Crippen LogP) is 2.81. The largest absolute Gasteiger partial charge is 0.376 e. The number of ether oxygens (including phenoxy) is 1. The molecule has 3 heterocycles. The summed E-state index contributed by atoms with van der Waals surface area (Å²) in [5, 5.41) is 12.9. The Hall–Kier alpha value is -1.83. The first-order valence-electron chi connectivity index (χ1n) is 11.7. The van der Waals surface area contributed by atoms with E-state index in [1.807, 2.05) is 4.68 Å². The van der Waals surface area contributed by atoms with Crippen molar-refractivity contribution in [2.45, 2.75) is 70.2 Å². The van der Waals surface area contributed by atoms with Gasteiger partial charge in [0.05, 0.1) is 18.7 Å². The predicted molar refractivity (Wildman–Crippen MR) is 115 cm³/mol. The molecule has 0 radical (unpaired) electrons. The highest BCUT2D eigenvalue weighted by atomic mass is 16.5. The standard InChI is InChI=1S/C23H34N6O/c1-18-8-10-19(11-9-18)22(23-24-25-26-29(23)17-21-7-4-16-30-21)28-14-12-27(13-15-28)20-5-2-3-6-20/h8-11,20-22H,2-7,12-17H2,1H3/t21-,22-/m1/s1. The second-order valence-corrected chi connectivity index (χ2v) is 9.18. The molecule has 7 heteroatoms. The lowest BCUT2D eigenvalue weighted by Crippen LogP contribution is -2.51. The summed E-state index contributed by atoms with van der Waals surface area (Å²) >= 11 is 0. The van der Waals surface area contributed by atoms with E-state index in [0.717, 1.165) is 64.0 Å². The van der Waals surface area contributed by atoms with Crippen LogP contribution in [-0.4, -0.2) is 74.9 Å². The van der Waals surface area contributed by atoms with Crippen molar-refractivity contribution in [2.75, 3.05) is 32.8 Å². The number of piperazine rings is 1. The fourth-order valence-corrected chi connectivity index (χ4v) is 5.42. The Labute approximate surface area is 179 Å². The molecule has 1 aromatic carbocycles. The van der Waals surface area contributed by atoms with Crippen molar-refractivity contribution in [1.82, 2.24) is 30.0 Å². The zero-order chi connectivity index (χ0) is 20.3. The lowest BCUT2D eigenvalue weighted by molar-refractivity contribution is 0.0720. The Morgan fingerprint density at radius 1 is 1.00 bits per heavy atom. The number of aryl methyl sites for hydroxylation is 1. The highest BCUT2D eigenvalue weighted by Crippen LogP contribution is 2.31. The number of hydrogen-bond acceptors (Lipinski definition) is 6. The van der Waals surface area contributed by atoms with E-state index in [0.29, 0.717) is 0 Å². The number of benzene rings is 1. The minimum absolute atomic E-state index is 0.0905. The maximum absolute atomic E-state index is 5.86. The maximum atomic E-state index is 5.86. The molecular formula is C23H34N6O. The molecule has 1 aliphatic carbocycles. The summed E-state index contributed by atoms with van der Waals surface area (Å²) in [4.78, 5) is 5.29. The van der Waals surface area contributed by atoms with Crippen LogP contribution in [0.25, 0.3) is 0 Å². The van der Waals surface area contributed by atoms with Gasteiger partial charge in [0.1, 0.15) is 0 Å².